The first-order chi connectivity index (χ1) is 10.4. The third-order valence-corrected chi connectivity index (χ3v) is 3.90. The molecule has 0 aliphatic carbocycles. The third kappa shape index (κ3) is 3.49. The topological polar surface area (TPSA) is 100 Å². The van der Waals surface area contributed by atoms with Crippen LogP contribution in [0.1, 0.15) is 32.6 Å². The summed E-state index contributed by atoms with van der Waals surface area (Å²) in [5.41, 5.74) is 6.75. The van der Waals surface area contributed by atoms with Crippen LogP contribution in [-0.2, 0) is 19.1 Å². The quantitative estimate of drug-likeness (QED) is 0.133. The summed E-state index contributed by atoms with van der Waals surface area (Å²) in [6.45, 7) is 6.20. The van der Waals surface area contributed by atoms with Crippen LogP contribution in [0.5, 0.6) is 0 Å². The summed E-state index contributed by atoms with van der Waals surface area (Å²) in [5.74, 6) is -2.21. The van der Waals surface area contributed by atoms with Crippen LogP contribution in [0.2, 0.25) is 0 Å². The second-order valence-electron chi connectivity index (χ2n) is 5.43. The minimum atomic E-state index is -1.40. The van der Waals surface area contributed by atoms with Gasteiger partial charge in [0, 0.05) is 13.1 Å². The van der Waals surface area contributed by atoms with Gasteiger partial charge in [-0.3, -0.25) is 9.59 Å². The van der Waals surface area contributed by atoms with Crippen LogP contribution >= 0.6 is 0 Å². The number of carbonyl (C=O) groups excluding carboxylic acids is 3. The van der Waals surface area contributed by atoms with E-state index in [1.54, 1.807) is 11.0 Å². The van der Waals surface area contributed by atoms with Crippen LogP contribution < -0.4 is 0 Å². The van der Waals surface area contributed by atoms with E-state index in [0.29, 0.717) is 25.9 Å². The Balaban J connectivity index is 2.97. The van der Waals surface area contributed by atoms with E-state index in [0.717, 1.165) is 20.0 Å². The Morgan fingerprint density at radius 2 is 2.23 bits per heavy atom. The second kappa shape index (κ2) is 7.66. The minimum absolute atomic E-state index is 0.304. The van der Waals surface area contributed by atoms with Gasteiger partial charge in [-0.15, -0.1) is 6.58 Å². The van der Waals surface area contributed by atoms with Gasteiger partial charge in [0.25, 0.3) is 5.78 Å². The highest BCUT2D eigenvalue weighted by molar-refractivity contribution is 6.64. The molecule has 7 heteroatoms. The largest absolute Gasteiger partial charge is 0.460 e. The molecule has 1 amide bonds. The van der Waals surface area contributed by atoms with Gasteiger partial charge >= 0.3 is 11.7 Å². The van der Waals surface area contributed by atoms with Gasteiger partial charge in [0.2, 0.25) is 5.91 Å². The summed E-state index contributed by atoms with van der Waals surface area (Å²) in [6.07, 6.45) is 4.25. The predicted molar refractivity (Wildman–Crippen MR) is 79.0 cm³/mol. The Morgan fingerprint density at radius 1 is 1.55 bits per heavy atom. The molecule has 0 spiro atoms. The van der Waals surface area contributed by atoms with Crippen LogP contribution in [0.25, 0.3) is 5.53 Å². The van der Waals surface area contributed by atoms with Crippen LogP contribution in [0.15, 0.2) is 12.7 Å². The number of likely N-dealkylation sites (tertiary alicyclic amines) is 1. The number of amides is 1. The number of hydrogen-bond acceptors (Lipinski definition) is 4. The molecule has 0 aromatic carbocycles. The molecule has 1 saturated heterocycles. The van der Waals surface area contributed by atoms with Gasteiger partial charge in [-0.05, 0) is 32.6 Å². The average molecular weight is 307 g/mol. The van der Waals surface area contributed by atoms with Crippen LogP contribution in [0.3, 0.4) is 0 Å². The smallest absolute Gasteiger partial charge is 0.442 e. The highest BCUT2D eigenvalue weighted by Crippen LogP contribution is 2.32. The molecule has 0 bridgehead atoms. The van der Waals surface area contributed by atoms with Gasteiger partial charge in [0.15, 0.2) is 0 Å². The van der Waals surface area contributed by atoms with E-state index in [1.807, 2.05) is 0 Å². The molecule has 1 aliphatic heterocycles. The molecule has 7 nitrogen and oxygen atoms in total. The number of esters is 1. The maximum Gasteiger partial charge on any atom is 0.442 e. The fourth-order valence-electron chi connectivity index (χ4n) is 2.57. The predicted octanol–water partition coefficient (Wildman–Crippen LogP) is 0.994. The van der Waals surface area contributed by atoms with Crippen LogP contribution in [0, 0.1) is 5.41 Å². The highest BCUT2D eigenvalue weighted by atomic mass is 16.5. The van der Waals surface area contributed by atoms with Crippen LogP contribution in [-0.4, -0.2) is 53.3 Å². The molecular formula is C15H21N3O4. The molecule has 1 rings (SSSR count). The fourth-order valence-corrected chi connectivity index (χ4v) is 2.57. The lowest BCUT2D eigenvalue weighted by Crippen LogP contribution is -2.54. The van der Waals surface area contributed by atoms with Gasteiger partial charge in [-0.25, -0.2) is 4.79 Å². The van der Waals surface area contributed by atoms with Gasteiger partial charge < -0.3 is 15.2 Å². The SMILES string of the molecule is C=CCCCN1CCCC(C)(C(=O)C(=[N+]=[N-])C(=O)OC)C1=O. The molecule has 1 atom stereocenters. The van der Waals surface area contributed by atoms with E-state index in [2.05, 4.69) is 16.1 Å². The molecule has 0 radical (unpaired) electrons. The molecule has 1 unspecified atom stereocenters. The molecular weight excluding hydrogens is 286 g/mol. The highest BCUT2D eigenvalue weighted by Gasteiger charge is 2.52. The summed E-state index contributed by atoms with van der Waals surface area (Å²) in [7, 11) is 1.08. The number of ketones is 1. The number of allylic oxidation sites excluding steroid dienone is 1. The van der Waals surface area contributed by atoms with E-state index < -0.39 is 22.9 Å². The Morgan fingerprint density at radius 3 is 2.77 bits per heavy atom. The van der Waals surface area contributed by atoms with Gasteiger partial charge in [-0.1, -0.05) is 6.08 Å². The lowest BCUT2D eigenvalue weighted by molar-refractivity contribution is -0.152. The van der Waals surface area contributed by atoms with Gasteiger partial charge in [-0.2, -0.15) is 4.79 Å². The molecule has 0 aromatic rings. The lowest BCUT2D eigenvalue weighted by Gasteiger charge is -2.37. The van der Waals surface area contributed by atoms with Crippen molar-refractivity contribution in [2.24, 2.45) is 5.41 Å². The maximum absolute atomic E-state index is 12.6. The number of nitrogens with zero attached hydrogens (tertiary/aromatic N) is 3. The Bertz CT molecular complexity index is 537. The first-order valence-corrected chi connectivity index (χ1v) is 7.17. The van der Waals surface area contributed by atoms with Crippen molar-refractivity contribution < 1.29 is 23.9 Å². The number of ether oxygens (including phenoxy) is 1. The van der Waals surface area contributed by atoms with Crippen molar-refractivity contribution in [3.8, 4) is 0 Å². The van der Waals surface area contributed by atoms with Crippen molar-refractivity contribution in [2.45, 2.75) is 32.6 Å². The van der Waals surface area contributed by atoms with Crippen molar-refractivity contribution in [1.29, 1.82) is 0 Å². The fraction of sp³-hybridized carbons (Fsp3) is 0.600. The lowest BCUT2D eigenvalue weighted by atomic mass is 9.75. The molecule has 1 heterocycles. The molecule has 0 aromatic heterocycles. The number of hydrogen-bond donors (Lipinski definition) is 0. The summed E-state index contributed by atoms with van der Waals surface area (Å²) >= 11 is 0. The van der Waals surface area contributed by atoms with E-state index in [4.69, 9.17) is 5.53 Å². The van der Waals surface area contributed by atoms with E-state index in [9.17, 15) is 14.4 Å². The number of Topliss-reactive ketones (excluding diaryl/α,β-unsaturated/α-hetero) is 1. The van der Waals surface area contributed by atoms with Crippen molar-refractivity contribution in [3.05, 3.63) is 18.2 Å². The van der Waals surface area contributed by atoms with Crippen LogP contribution in [0.4, 0.5) is 0 Å². The molecule has 0 saturated carbocycles. The Hall–Kier alpha value is -2.27. The molecule has 22 heavy (non-hydrogen) atoms. The van der Waals surface area contributed by atoms with E-state index in [-0.39, 0.29) is 5.91 Å². The molecule has 1 fully saturated rings. The van der Waals surface area contributed by atoms with Gasteiger partial charge in [0.1, 0.15) is 5.41 Å². The number of rotatable bonds is 7. The monoisotopic (exact) mass is 307 g/mol. The number of unbranched alkanes of at least 4 members (excludes halogenated alkanes) is 1. The summed E-state index contributed by atoms with van der Waals surface area (Å²) in [4.78, 5) is 40.9. The summed E-state index contributed by atoms with van der Waals surface area (Å²) in [5, 5.41) is 0. The normalized spacial score (nSPS) is 21.0. The van der Waals surface area contributed by atoms with Crippen molar-refractivity contribution in [3.63, 3.8) is 0 Å². The second-order valence-corrected chi connectivity index (χ2v) is 5.43. The minimum Gasteiger partial charge on any atom is -0.460 e. The van der Waals surface area contributed by atoms with Crippen molar-refractivity contribution >= 4 is 23.4 Å². The first-order valence-electron chi connectivity index (χ1n) is 7.17. The summed E-state index contributed by atoms with van der Waals surface area (Å²) < 4.78 is 4.42. The summed E-state index contributed by atoms with van der Waals surface area (Å²) in [6, 6.07) is 0. The standard InChI is InChI=1S/C15H21N3O4/c1-4-5-6-9-18-10-7-8-15(2,14(18)21)12(19)11(17-16)13(20)22-3/h4H,1,5-10H2,2-3H3. The zero-order valence-corrected chi connectivity index (χ0v) is 13.0. The third-order valence-electron chi connectivity index (χ3n) is 3.90. The number of carbonyl (C=O) groups is 3. The number of piperidine rings is 1. The molecule has 0 N–H and O–H groups in total. The Kier molecular flexibility index (Phi) is 6.19. The van der Waals surface area contributed by atoms with Gasteiger partial charge in [0.05, 0.1) is 7.11 Å². The van der Waals surface area contributed by atoms with E-state index >= 15 is 0 Å². The first kappa shape index (κ1) is 17.8. The zero-order chi connectivity index (χ0) is 16.8. The number of methoxy groups -OCH3 is 1. The zero-order valence-electron chi connectivity index (χ0n) is 13.0. The molecule has 120 valence electrons. The Labute approximate surface area is 129 Å². The molecule has 1 aliphatic rings. The van der Waals surface area contributed by atoms with Crippen molar-refractivity contribution in [1.82, 2.24) is 4.90 Å². The van der Waals surface area contributed by atoms with Crippen molar-refractivity contribution in [2.75, 3.05) is 20.2 Å². The van der Waals surface area contributed by atoms with E-state index in [1.165, 1.54) is 6.92 Å². The maximum atomic E-state index is 12.6. The average Bonchev–Trinajstić information content (AvgIpc) is 2.52.